The molecule has 0 aliphatic carbocycles. The number of amides is 1. The van der Waals surface area contributed by atoms with Crippen LogP contribution in [-0.2, 0) is 13.5 Å². The lowest BCUT2D eigenvalue weighted by Crippen LogP contribution is -2.13. The average Bonchev–Trinajstić information content (AvgIpc) is 2.72. The maximum absolute atomic E-state index is 13.0. The number of nitrogens with zero attached hydrogens (tertiary/aromatic N) is 2. The molecule has 1 heterocycles. The summed E-state index contributed by atoms with van der Waals surface area (Å²) in [6.45, 7) is 1.95. The van der Waals surface area contributed by atoms with E-state index in [0.29, 0.717) is 17.7 Å². The van der Waals surface area contributed by atoms with Crippen molar-refractivity contribution < 1.29 is 9.18 Å². The molecule has 0 aliphatic heterocycles. The zero-order valence-electron chi connectivity index (χ0n) is 10.8. The molecule has 0 saturated carbocycles. The van der Waals surface area contributed by atoms with Crippen LogP contribution in [0.3, 0.4) is 0 Å². The Balaban J connectivity index is 2.22. The zero-order valence-corrected chi connectivity index (χ0v) is 10.8. The van der Waals surface area contributed by atoms with E-state index in [1.165, 1.54) is 18.2 Å². The number of nitrogens with two attached hydrogens (primary N) is 1. The van der Waals surface area contributed by atoms with Crippen LogP contribution in [0.2, 0.25) is 0 Å². The molecule has 0 atom stereocenters. The molecule has 5 nitrogen and oxygen atoms in total. The van der Waals surface area contributed by atoms with Gasteiger partial charge in [0.15, 0.2) is 0 Å². The SMILES string of the molecule is CCc1nn(C)cc1NC(=O)c1ccc(F)c(N)c1. The molecule has 0 bridgehead atoms. The largest absolute Gasteiger partial charge is 0.396 e. The van der Waals surface area contributed by atoms with Gasteiger partial charge < -0.3 is 11.1 Å². The molecule has 2 rings (SSSR count). The highest BCUT2D eigenvalue weighted by Crippen LogP contribution is 2.17. The number of carbonyl (C=O) groups is 1. The molecule has 1 aromatic heterocycles. The average molecular weight is 262 g/mol. The Hall–Kier alpha value is -2.37. The predicted molar refractivity (Wildman–Crippen MR) is 71.4 cm³/mol. The third kappa shape index (κ3) is 2.73. The minimum atomic E-state index is -0.535. The molecule has 0 spiro atoms. The van der Waals surface area contributed by atoms with Gasteiger partial charge in [-0.2, -0.15) is 5.10 Å². The minimum Gasteiger partial charge on any atom is -0.396 e. The standard InChI is InChI=1S/C13H15FN4O/c1-3-11-12(7-18(2)17-11)16-13(19)8-4-5-9(14)10(15)6-8/h4-7H,3,15H2,1-2H3,(H,16,19). The Kier molecular flexibility index (Phi) is 3.50. The van der Waals surface area contributed by atoms with Gasteiger partial charge in [-0.1, -0.05) is 6.92 Å². The van der Waals surface area contributed by atoms with Crippen LogP contribution in [0.25, 0.3) is 0 Å². The number of anilines is 2. The number of hydrogen-bond donors (Lipinski definition) is 2. The van der Waals surface area contributed by atoms with Crippen molar-refractivity contribution >= 4 is 17.3 Å². The van der Waals surface area contributed by atoms with E-state index in [9.17, 15) is 9.18 Å². The van der Waals surface area contributed by atoms with E-state index in [0.717, 1.165) is 5.69 Å². The summed E-state index contributed by atoms with van der Waals surface area (Å²) in [6.07, 6.45) is 2.44. The van der Waals surface area contributed by atoms with Crippen molar-refractivity contribution in [3.05, 3.63) is 41.5 Å². The molecule has 6 heteroatoms. The second-order valence-corrected chi connectivity index (χ2v) is 4.21. The Bertz CT molecular complexity index is 621. The number of hydrogen-bond acceptors (Lipinski definition) is 3. The van der Waals surface area contributed by atoms with Crippen molar-refractivity contribution in [2.24, 2.45) is 7.05 Å². The Morgan fingerprint density at radius 2 is 2.26 bits per heavy atom. The number of aromatic nitrogens is 2. The van der Waals surface area contributed by atoms with E-state index >= 15 is 0 Å². The van der Waals surface area contributed by atoms with Gasteiger partial charge in [0, 0.05) is 18.8 Å². The summed E-state index contributed by atoms with van der Waals surface area (Å²) >= 11 is 0. The quantitative estimate of drug-likeness (QED) is 0.830. The fourth-order valence-electron chi connectivity index (χ4n) is 1.78. The van der Waals surface area contributed by atoms with Gasteiger partial charge in [0.2, 0.25) is 0 Å². The first-order valence-electron chi connectivity index (χ1n) is 5.90. The molecular formula is C13H15FN4O. The molecule has 0 saturated heterocycles. The Morgan fingerprint density at radius 1 is 1.53 bits per heavy atom. The zero-order chi connectivity index (χ0) is 14.0. The van der Waals surface area contributed by atoms with E-state index in [2.05, 4.69) is 10.4 Å². The normalized spacial score (nSPS) is 10.5. The molecule has 0 aliphatic rings. The molecule has 100 valence electrons. The summed E-state index contributed by atoms with van der Waals surface area (Å²) in [5, 5.41) is 6.97. The van der Waals surface area contributed by atoms with Crippen molar-refractivity contribution in [3.8, 4) is 0 Å². The van der Waals surface area contributed by atoms with Crippen LogP contribution in [0.15, 0.2) is 24.4 Å². The maximum Gasteiger partial charge on any atom is 0.255 e. The fraction of sp³-hybridized carbons (Fsp3) is 0.231. The minimum absolute atomic E-state index is 0.0467. The third-order valence-corrected chi connectivity index (χ3v) is 2.75. The maximum atomic E-state index is 13.0. The predicted octanol–water partition coefficient (Wildman–Crippen LogP) is 1.96. The molecule has 3 N–H and O–H groups in total. The van der Waals surface area contributed by atoms with E-state index in [1.54, 1.807) is 17.9 Å². The van der Waals surface area contributed by atoms with Crippen LogP contribution in [0.5, 0.6) is 0 Å². The van der Waals surface area contributed by atoms with Crippen LogP contribution in [0.4, 0.5) is 15.8 Å². The number of carbonyl (C=O) groups excluding carboxylic acids is 1. The lowest BCUT2D eigenvalue weighted by molar-refractivity contribution is 0.102. The van der Waals surface area contributed by atoms with Gasteiger partial charge >= 0.3 is 0 Å². The summed E-state index contributed by atoms with van der Waals surface area (Å²) in [6, 6.07) is 3.88. The molecule has 0 radical (unpaired) electrons. The monoisotopic (exact) mass is 262 g/mol. The number of aryl methyl sites for hydroxylation is 2. The molecule has 1 amide bonds. The summed E-state index contributed by atoms with van der Waals surface area (Å²) in [7, 11) is 1.78. The highest BCUT2D eigenvalue weighted by molar-refractivity contribution is 6.05. The van der Waals surface area contributed by atoms with Crippen molar-refractivity contribution in [1.82, 2.24) is 9.78 Å². The van der Waals surface area contributed by atoms with E-state index in [-0.39, 0.29) is 11.6 Å². The highest BCUT2D eigenvalue weighted by atomic mass is 19.1. The first-order chi connectivity index (χ1) is 9.01. The number of nitrogen functional groups attached to an aromatic ring is 1. The van der Waals surface area contributed by atoms with Gasteiger partial charge in [0.1, 0.15) is 5.82 Å². The molecule has 2 aromatic rings. The lowest BCUT2D eigenvalue weighted by Gasteiger charge is -2.05. The summed E-state index contributed by atoms with van der Waals surface area (Å²) in [5.74, 6) is -0.874. The van der Waals surface area contributed by atoms with E-state index in [1.807, 2.05) is 6.92 Å². The number of rotatable bonds is 3. The van der Waals surface area contributed by atoms with Crippen LogP contribution in [-0.4, -0.2) is 15.7 Å². The van der Waals surface area contributed by atoms with Crippen molar-refractivity contribution in [3.63, 3.8) is 0 Å². The van der Waals surface area contributed by atoms with Crippen molar-refractivity contribution in [1.29, 1.82) is 0 Å². The van der Waals surface area contributed by atoms with E-state index in [4.69, 9.17) is 5.73 Å². The second kappa shape index (κ2) is 5.09. The summed E-state index contributed by atoms with van der Waals surface area (Å²) in [5.41, 5.74) is 7.15. The Labute approximate surface area is 110 Å². The van der Waals surface area contributed by atoms with Crippen molar-refractivity contribution in [2.75, 3.05) is 11.1 Å². The van der Waals surface area contributed by atoms with Crippen LogP contribution >= 0.6 is 0 Å². The molecular weight excluding hydrogens is 247 g/mol. The van der Waals surface area contributed by atoms with Crippen LogP contribution < -0.4 is 11.1 Å². The number of halogens is 1. The molecule has 1 aromatic carbocycles. The second-order valence-electron chi connectivity index (χ2n) is 4.21. The molecule has 19 heavy (non-hydrogen) atoms. The summed E-state index contributed by atoms with van der Waals surface area (Å²) < 4.78 is 14.7. The topological polar surface area (TPSA) is 72.9 Å². The van der Waals surface area contributed by atoms with E-state index < -0.39 is 5.82 Å². The first kappa shape index (κ1) is 13.1. The van der Waals surface area contributed by atoms with Gasteiger partial charge in [-0.05, 0) is 24.6 Å². The Morgan fingerprint density at radius 3 is 2.89 bits per heavy atom. The van der Waals surface area contributed by atoms with Gasteiger partial charge in [0.25, 0.3) is 5.91 Å². The van der Waals surface area contributed by atoms with Gasteiger partial charge in [0.05, 0.1) is 17.1 Å². The number of nitrogens with one attached hydrogen (secondary N) is 1. The number of benzene rings is 1. The van der Waals surface area contributed by atoms with Crippen LogP contribution in [0, 0.1) is 5.82 Å². The smallest absolute Gasteiger partial charge is 0.255 e. The first-order valence-corrected chi connectivity index (χ1v) is 5.90. The van der Waals surface area contributed by atoms with Gasteiger partial charge in [-0.15, -0.1) is 0 Å². The lowest BCUT2D eigenvalue weighted by atomic mass is 10.1. The van der Waals surface area contributed by atoms with Crippen molar-refractivity contribution in [2.45, 2.75) is 13.3 Å². The van der Waals surface area contributed by atoms with Gasteiger partial charge in [-0.3, -0.25) is 9.48 Å². The highest BCUT2D eigenvalue weighted by Gasteiger charge is 2.12. The summed E-state index contributed by atoms with van der Waals surface area (Å²) in [4.78, 5) is 12.0. The third-order valence-electron chi connectivity index (χ3n) is 2.75. The fourth-order valence-corrected chi connectivity index (χ4v) is 1.78. The van der Waals surface area contributed by atoms with Crippen LogP contribution in [0.1, 0.15) is 23.0 Å². The molecule has 0 fully saturated rings. The molecule has 0 unspecified atom stereocenters. The van der Waals surface area contributed by atoms with Gasteiger partial charge in [-0.25, -0.2) is 4.39 Å².